The molecule has 0 fully saturated rings. The molecule has 1 amide bonds. The molecule has 1 aromatic carbocycles. The van der Waals surface area contributed by atoms with Crippen molar-refractivity contribution in [1.29, 1.82) is 0 Å². The van der Waals surface area contributed by atoms with E-state index < -0.39 is 0 Å². The zero-order valence-corrected chi connectivity index (χ0v) is 14.2. The van der Waals surface area contributed by atoms with Gasteiger partial charge in [-0.05, 0) is 43.6 Å². The van der Waals surface area contributed by atoms with Crippen molar-refractivity contribution in [1.82, 2.24) is 14.8 Å². The van der Waals surface area contributed by atoms with E-state index in [9.17, 15) is 9.59 Å². The predicted octanol–water partition coefficient (Wildman–Crippen LogP) is 1.43. The number of likely N-dealkylation sites (N-methyl/N-ethyl adjacent to an activating group) is 1. The first kappa shape index (κ1) is 16.5. The molecule has 3 rings (SSSR count). The van der Waals surface area contributed by atoms with Gasteiger partial charge in [-0.3, -0.25) is 14.5 Å². The summed E-state index contributed by atoms with van der Waals surface area (Å²) in [6, 6.07) is 11.6. The second kappa shape index (κ2) is 7.01. The van der Waals surface area contributed by atoms with Crippen LogP contribution in [0.2, 0.25) is 0 Å². The number of carbonyl (C=O) groups excluding carboxylic acids is 1. The number of nitrogens with one attached hydrogen (secondary N) is 1. The van der Waals surface area contributed by atoms with E-state index in [1.165, 1.54) is 0 Å². The van der Waals surface area contributed by atoms with Crippen molar-refractivity contribution in [3.8, 4) is 0 Å². The lowest BCUT2D eigenvalue weighted by atomic mass is 9.99. The summed E-state index contributed by atoms with van der Waals surface area (Å²) >= 11 is 0. The van der Waals surface area contributed by atoms with E-state index >= 15 is 0 Å². The number of H-pyrrole nitrogens is 1. The molecular weight excluding hydrogens is 302 g/mol. The van der Waals surface area contributed by atoms with Crippen LogP contribution in [0.1, 0.15) is 16.7 Å². The molecule has 2 aromatic rings. The highest BCUT2D eigenvalue weighted by Crippen LogP contribution is 2.19. The first-order chi connectivity index (χ1) is 11.5. The topological polar surface area (TPSA) is 56.4 Å². The molecule has 0 spiro atoms. The molecule has 24 heavy (non-hydrogen) atoms. The summed E-state index contributed by atoms with van der Waals surface area (Å²) in [6.07, 6.45) is 3.16. The lowest BCUT2D eigenvalue weighted by molar-refractivity contribution is -0.137. The minimum absolute atomic E-state index is 0.0798. The minimum Gasteiger partial charge on any atom is -0.337 e. The molecule has 0 bridgehead atoms. The van der Waals surface area contributed by atoms with Gasteiger partial charge in [0.2, 0.25) is 11.5 Å². The van der Waals surface area contributed by atoms with Crippen LogP contribution in [-0.4, -0.2) is 47.4 Å². The van der Waals surface area contributed by atoms with Crippen molar-refractivity contribution in [3.63, 3.8) is 0 Å². The maximum absolute atomic E-state index is 13.0. The van der Waals surface area contributed by atoms with Crippen LogP contribution in [-0.2, 0) is 24.2 Å². The minimum atomic E-state index is -0.184. The zero-order chi connectivity index (χ0) is 17.1. The molecule has 1 N–H and O–H groups in total. The van der Waals surface area contributed by atoms with Gasteiger partial charge in [0.15, 0.2) is 0 Å². The molecule has 0 unspecified atom stereocenters. The Hall–Kier alpha value is -2.40. The molecule has 1 aliphatic heterocycles. The maximum atomic E-state index is 13.0. The normalized spacial score (nSPS) is 15.2. The standard InChI is InChI=1S/C19H23N3O2/c1-21(2)17(10-14-6-4-3-5-7-14)19(24)22-9-8-15-11-18(23)20-12-16(15)13-22/h3-7,11-12,17H,8-10,13H2,1-2H3,(H,20,23)/t17-/m0/s1. The Kier molecular flexibility index (Phi) is 4.81. The van der Waals surface area contributed by atoms with Crippen LogP contribution < -0.4 is 5.56 Å². The fourth-order valence-electron chi connectivity index (χ4n) is 3.19. The molecule has 126 valence electrons. The van der Waals surface area contributed by atoms with Gasteiger partial charge in [0, 0.05) is 25.4 Å². The number of nitrogens with zero attached hydrogens (tertiary/aromatic N) is 2. The summed E-state index contributed by atoms with van der Waals surface area (Å²) in [6.45, 7) is 1.22. The number of pyridine rings is 1. The SMILES string of the molecule is CN(C)[C@@H](Cc1ccccc1)C(=O)N1CCc2cc(=O)[nH]cc2C1. The van der Waals surface area contributed by atoms with Gasteiger partial charge < -0.3 is 9.88 Å². The Bertz CT molecular complexity index is 768. The van der Waals surface area contributed by atoms with Gasteiger partial charge >= 0.3 is 0 Å². The largest absolute Gasteiger partial charge is 0.337 e. The summed E-state index contributed by atoms with van der Waals surface area (Å²) in [7, 11) is 3.89. The van der Waals surface area contributed by atoms with Gasteiger partial charge in [-0.15, -0.1) is 0 Å². The molecule has 1 aromatic heterocycles. The molecule has 5 heteroatoms. The van der Waals surface area contributed by atoms with Crippen LogP contribution >= 0.6 is 0 Å². The highest BCUT2D eigenvalue weighted by molar-refractivity contribution is 5.82. The summed E-state index contributed by atoms with van der Waals surface area (Å²) in [5, 5.41) is 0. The highest BCUT2D eigenvalue weighted by Gasteiger charge is 2.29. The van der Waals surface area contributed by atoms with E-state index in [4.69, 9.17) is 0 Å². The monoisotopic (exact) mass is 325 g/mol. The third-order valence-corrected chi connectivity index (χ3v) is 4.61. The fourth-order valence-corrected chi connectivity index (χ4v) is 3.19. The quantitative estimate of drug-likeness (QED) is 0.925. The van der Waals surface area contributed by atoms with E-state index in [0.717, 1.165) is 23.1 Å². The Morgan fingerprint density at radius 2 is 2.00 bits per heavy atom. The smallest absolute Gasteiger partial charge is 0.248 e. The van der Waals surface area contributed by atoms with E-state index in [0.29, 0.717) is 19.5 Å². The van der Waals surface area contributed by atoms with Crippen LogP contribution in [0, 0.1) is 0 Å². The van der Waals surface area contributed by atoms with Crippen LogP contribution in [0.5, 0.6) is 0 Å². The number of aromatic amines is 1. The van der Waals surface area contributed by atoms with E-state index in [1.807, 2.05) is 42.1 Å². The molecule has 0 aliphatic carbocycles. The number of aromatic nitrogens is 1. The third-order valence-electron chi connectivity index (χ3n) is 4.61. The molecule has 1 atom stereocenters. The number of amides is 1. The van der Waals surface area contributed by atoms with Gasteiger partial charge in [0.05, 0.1) is 6.04 Å². The number of hydrogen-bond donors (Lipinski definition) is 1. The second-order valence-electron chi connectivity index (χ2n) is 6.53. The lowest BCUT2D eigenvalue weighted by Crippen LogP contribution is -2.48. The van der Waals surface area contributed by atoms with Gasteiger partial charge in [-0.25, -0.2) is 0 Å². The van der Waals surface area contributed by atoms with Crippen LogP contribution in [0.15, 0.2) is 47.4 Å². The Morgan fingerprint density at radius 3 is 2.71 bits per heavy atom. The highest BCUT2D eigenvalue weighted by atomic mass is 16.2. The summed E-state index contributed by atoms with van der Waals surface area (Å²) in [5.41, 5.74) is 3.16. The Morgan fingerprint density at radius 1 is 1.25 bits per heavy atom. The van der Waals surface area contributed by atoms with Gasteiger partial charge in [0.25, 0.3) is 0 Å². The second-order valence-corrected chi connectivity index (χ2v) is 6.53. The van der Waals surface area contributed by atoms with Crippen molar-refractivity contribution in [3.05, 3.63) is 69.6 Å². The van der Waals surface area contributed by atoms with Crippen molar-refractivity contribution in [2.75, 3.05) is 20.6 Å². The number of hydrogen-bond acceptors (Lipinski definition) is 3. The van der Waals surface area contributed by atoms with Crippen molar-refractivity contribution in [2.45, 2.75) is 25.4 Å². The predicted molar refractivity (Wildman–Crippen MR) is 93.8 cm³/mol. The van der Waals surface area contributed by atoms with E-state index in [-0.39, 0.29) is 17.5 Å². The maximum Gasteiger partial charge on any atom is 0.248 e. The number of carbonyl (C=O) groups is 1. The molecule has 0 saturated heterocycles. The first-order valence-corrected chi connectivity index (χ1v) is 8.24. The molecular formula is C19H23N3O2. The molecule has 0 radical (unpaired) electrons. The zero-order valence-electron chi connectivity index (χ0n) is 14.2. The van der Waals surface area contributed by atoms with Crippen molar-refractivity contribution >= 4 is 5.91 Å². The number of fused-ring (bicyclic) bond motifs is 1. The van der Waals surface area contributed by atoms with Gasteiger partial charge in [-0.2, -0.15) is 0 Å². The lowest BCUT2D eigenvalue weighted by Gasteiger charge is -2.34. The Balaban J connectivity index is 1.76. The average Bonchev–Trinajstić information content (AvgIpc) is 2.59. The molecule has 2 heterocycles. The summed E-state index contributed by atoms with van der Waals surface area (Å²) in [5.74, 6) is 0.140. The number of rotatable bonds is 4. The molecule has 5 nitrogen and oxygen atoms in total. The number of benzene rings is 1. The average molecular weight is 325 g/mol. The third kappa shape index (κ3) is 3.57. The van der Waals surface area contributed by atoms with E-state index in [1.54, 1.807) is 12.3 Å². The molecule has 1 aliphatic rings. The fraction of sp³-hybridized carbons (Fsp3) is 0.368. The van der Waals surface area contributed by atoms with Crippen LogP contribution in [0.4, 0.5) is 0 Å². The van der Waals surface area contributed by atoms with Crippen LogP contribution in [0.25, 0.3) is 0 Å². The van der Waals surface area contributed by atoms with Gasteiger partial charge in [0.1, 0.15) is 0 Å². The summed E-state index contributed by atoms with van der Waals surface area (Å²) < 4.78 is 0. The molecule has 0 saturated carbocycles. The van der Waals surface area contributed by atoms with Gasteiger partial charge in [-0.1, -0.05) is 30.3 Å². The summed E-state index contributed by atoms with van der Waals surface area (Å²) in [4.78, 5) is 31.0. The Labute approximate surface area is 141 Å². The van der Waals surface area contributed by atoms with E-state index in [2.05, 4.69) is 17.1 Å². The van der Waals surface area contributed by atoms with Crippen molar-refractivity contribution < 1.29 is 4.79 Å². The van der Waals surface area contributed by atoms with Crippen molar-refractivity contribution in [2.24, 2.45) is 0 Å². The first-order valence-electron chi connectivity index (χ1n) is 8.24. The van der Waals surface area contributed by atoms with Crippen LogP contribution in [0.3, 0.4) is 0 Å².